The number of Topliss-reactive ketones (excluding diaryl/α,β-unsaturated/α-hetero) is 1. The van der Waals surface area contributed by atoms with Crippen LogP contribution in [-0.4, -0.2) is 37.2 Å². The van der Waals surface area contributed by atoms with Crippen LogP contribution in [0, 0.1) is 17.8 Å². The van der Waals surface area contributed by atoms with Crippen molar-refractivity contribution in [2.24, 2.45) is 24.8 Å². The van der Waals surface area contributed by atoms with Gasteiger partial charge in [0.05, 0.1) is 16.7 Å². The number of nitrogens with zero attached hydrogens (tertiary/aromatic N) is 4. The molecule has 0 N–H and O–H groups in total. The standard InChI is InChI=1S/C24H30N4O.2ClH/c1-15(29)22-19(25-23-27(3)20-6-4-5-7-21(20)28(22)23)14-26(2)24-11-16-8-17(12-24)10-18(9-16)13-24;;/h4-7,16-18H,8-14H2,1-3H3;2*1H. The normalized spacial score (nSPS) is 28.8. The molecule has 4 aliphatic carbocycles. The molecule has 7 heteroatoms. The number of hydrogen-bond donors (Lipinski definition) is 0. The van der Waals surface area contributed by atoms with E-state index in [1.807, 2.05) is 19.2 Å². The Balaban J connectivity index is 0.00000116. The maximum atomic E-state index is 12.7. The smallest absolute Gasteiger partial charge is 0.215 e. The Bertz CT molecular complexity index is 1110. The molecule has 0 atom stereocenters. The number of rotatable bonds is 4. The molecule has 4 saturated carbocycles. The summed E-state index contributed by atoms with van der Waals surface area (Å²) in [7, 11) is 4.32. The summed E-state index contributed by atoms with van der Waals surface area (Å²) >= 11 is 0. The predicted octanol–water partition coefficient (Wildman–Crippen LogP) is 5.27. The van der Waals surface area contributed by atoms with Gasteiger partial charge < -0.3 is 4.57 Å². The number of aryl methyl sites for hydroxylation is 1. The van der Waals surface area contributed by atoms with E-state index in [4.69, 9.17) is 4.98 Å². The minimum absolute atomic E-state index is 0. The van der Waals surface area contributed by atoms with Crippen molar-refractivity contribution in [3.05, 3.63) is 35.7 Å². The maximum Gasteiger partial charge on any atom is 0.215 e. The Morgan fingerprint density at radius 3 is 2.16 bits per heavy atom. The SMILES string of the molecule is CC(=O)c1c(CN(C)C23CC4CC(CC(C4)C2)C3)nc2n(C)c3ccccc3n12.Cl.Cl. The fourth-order valence-corrected chi connectivity index (χ4v) is 7.35. The van der Waals surface area contributed by atoms with Crippen LogP contribution in [-0.2, 0) is 13.6 Å². The fraction of sp³-hybridized carbons (Fsp3) is 0.583. The number of halogens is 2. The van der Waals surface area contributed by atoms with Crippen molar-refractivity contribution < 1.29 is 4.79 Å². The molecule has 4 aliphatic rings. The highest BCUT2D eigenvalue weighted by molar-refractivity contribution is 5.97. The van der Waals surface area contributed by atoms with E-state index in [1.54, 1.807) is 6.92 Å². The summed E-state index contributed by atoms with van der Waals surface area (Å²) in [6, 6.07) is 8.25. The second-order valence-corrected chi connectivity index (χ2v) is 10.1. The third-order valence-electron chi connectivity index (χ3n) is 8.25. The van der Waals surface area contributed by atoms with Crippen LogP contribution in [0.25, 0.3) is 16.8 Å². The zero-order valence-corrected chi connectivity index (χ0v) is 20.1. The van der Waals surface area contributed by atoms with Crippen LogP contribution in [0.4, 0.5) is 0 Å². The first-order chi connectivity index (χ1) is 13.9. The van der Waals surface area contributed by atoms with E-state index >= 15 is 0 Å². The largest absolute Gasteiger partial charge is 0.313 e. The zero-order chi connectivity index (χ0) is 19.9. The fourth-order valence-electron chi connectivity index (χ4n) is 7.35. The van der Waals surface area contributed by atoms with Crippen molar-refractivity contribution in [1.29, 1.82) is 0 Å². The molecule has 4 fully saturated rings. The lowest BCUT2D eigenvalue weighted by Crippen LogP contribution is -2.58. The number of aromatic nitrogens is 3. The lowest BCUT2D eigenvalue weighted by molar-refractivity contribution is -0.0825. The van der Waals surface area contributed by atoms with E-state index in [2.05, 4.69) is 33.0 Å². The first-order valence-electron chi connectivity index (χ1n) is 11.1. The number of fused-ring (bicyclic) bond motifs is 3. The number of imidazole rings is 2. The Kier molecular flexibility index (Phi) is 5.68. The van der Waals surface area contributed by atoms with E-state index in [0.717, 1.165) is 52.5 Å². The Morgan fingerprint density at radius 2 is 1.61 bits per heavy atom. The van der Waals surface area contributed by atoms with E-state index in [9.17, 15) is 4.79 Å². The molecule has 3 aromatic rings. The zero-order valence-electron chi connectivity index (χ0n) is 18.5. The molecule has 31 heavy (non-hydrogen) atoms. The van der Waals surface area contributed by atoms with Gasteiger partial charge in [0.1, 0.15) is 5.69 Å². The van der Waals surface area contributed by atoms with Crippen molar-refractivity contribution >= 4 is 47.4 Å². The van der Waals surface area contributed by atoms with Crippen molar-refractivity contribution in [1.82, 2.24) is 18.9 Å². The Hall–Kier alpha value is -1.56. The van der Waals surface area contributed by atoms with Crippen molar-refractivity contribution in [2.75, 3.05) is 7.05 Å². The Morgan fingerprint density at radius 1 is 1.06 bits per heavy atom. The summed E-state index contributed by atoms with van der Waals surface area (Å²) in [6.45, 7) is 2.44. The van der Waals surface area contributed by atoms with Gasteiger partial charge >= 0.3 is 0 Å². The van der Waals surface area contributed by atoms with E-state index in [1.165, 1.54) is 38.5 Å². The van der Waals surface area contributed by atoms with Gasteiger partial charge in [0, 0.05) is 26.1 Å². The third-order valence-corrected chi connectivity index (χ3v) is 8.25. The second kappa shape index (κ2) is 7.79. The highest BCUT2D eigenvalue weighted by atomic mass is 35.5. The summed E-state index contributed by atoms with van der Waals surface area (Å²) in [5.41, 5.74) is 4.19. The van der Waals surface area contributed by atoms with Gasteiger partial charge in [-0.05, 0) is 75.5 Å². The highest BCUT2D eigenvalue weighted by Gasteiger charge is 2.52. The molecule has 0 aliphatic heterocycles. The summed E-state index contributed by atoms with van der Waals surface area (Å²) in [6.07, 6.45) is 8.36. The first kappa shape index (κ1) is 22.6. The third kappa shape index (κ3) is 3.23. The van der Waals surface area contributed by atoms with Crippen molar-refractivity contribution in [2.45, 2.75) is 57.5 Å². The minimum atomic E-state index is 0. The number of benzene rings is 1. The van der Waals surface area contributed by atoms with E-state index < -0.39 is 0 Å². The molecule has 2 aromatic heterocycles. The molecular formula is C24H32Cl2N4O. The van der Waals surface area contributed by atoms with Gasteiger partial charge in [-0.1, -0.05) is 12.1 Å². The van der Waals surface area contributed by atoms with Gasteiger partial charge in [-0.15, -0.1) is 24.8 Å². The van der Waals surface area contributed by atoms with Crippen LogP contribution in [0.15, 0.2) is 24.3 Å². The molecule has 7 rings (SSSR count). The van der Waals surface area contributed by atoms with Gasteiger partial charge in [-0.3, -0.25) is 14.1 Å². The summed E-state index contributed by atoms with van der Waals surface area (Å²) in [5.74, 6) is 3.72. The van der Waals surface area contributed by atoms with Crippen molar-refractivity contribution in [3.63, 3.8) is 0 Å². The molecule has 0 saturated heterocycles. The van der Waals surface area contributed by atoms with Crippen LogP contribution in [0.3, 0.4) is 0 Å². The summed E-state index contributed by atoms with van der Waals surface area (Å²) in [4.78, 5) is 20.3. The lowest BCUT2D eigenvalue weighted by atomic mass is 9.52. The number of para-hydroxylation sites is 2. The summed E-state index contributed by atoms with van der Waals surface area (Å²) < 4.78 is 4.18. The predicted molar refractivity (Wildman–Crippen MR) is 129 cm³/mol. The second-order valence-electron chi connectivity index (χ2n) is 10.1. The molecule has 0 radical (unpaired) electrons. The molecule has 1 aromatic carbocycles. The molecule has 2 heterocycles. The maximum absolute atomic E-state index is 12.7. The topological polar surface area (TPSA) is 42.5 Å². The quantitative estimate of drug-likeness (QED) is 0.495. The van der Waals surface area contributed by atoms with Crippen molar-refractivity contribution in [3.8, 4) is 0 Å². The average molecular weight is 463 g/mol. The number of carbonyl (C=O) groups excluding carboxylic acids is 1. The molecular weight excluding hydrogens is 431 g/mol. The van der Waals surface area contributed by atoms with Gasteiger partial charge in [0.2, 0.25) is 5.78 Å². The first-order valence-corrected chi connectivity index (χ1v) is 11.1. The molecule has 5 nitrogen and oxygen atoms in total. The minimum Gasteiger partial charge on any atom is -0.313 e. The monoisotopic (exact) mass is 462 g/mol. The Labute approximate surface area is 196 Å². The molecule has 0 amide bonds. The number of carbonyl (C=O) groups is 1. The number of hydrogen-bond acceptors (Lipinski definition) is 3. The van der Waals surface area contributed by atoms with Gasteiger partial charge in [0.25, 0.3) is 0 Å². The number of ketones is 1. The van der Waals surface area contributed by atoms with Gasteiger partial charge in [0.15, 0.2) is 5.78 Å². The molecule has 0 spiro atoms. The van der Waals surface area contributed by atoms with E-state index in [0.29, 0.717) is 5.54 Å². The molecule has 168 valence electrons. The van der Waals surface area contributed by atoms with Crippen LogP contribution in [0.1, 0.15) is 61.6 Å². The van der Waals surface area contributed by atoms with Gasteiger partial charge in [-0.2, -0.15) is 0 Å². The van der Waals surface area contributed by atoms with E-state index in [-0.39, 0.29) is 30.6 Å². The molecule has 4 bridgehead atoms. The average Bonchev–Trinajstić information content (AvgIpc) is 3.17. The van der Waals surface area contributed by atoms with Crippen LogP contribution < -0.4 is 0 Å². The van der Waals surface area contributed by atoms with Crippen LogP contribution in [0.2, 0.25) is 0 Å². The van der Waals surface area contributed by atoms with Crippen LogP contribution in [0.5, 0.6) is 0 Å². The van der Waals surface area contributed by atoms with Gasteiger partial charge in [-0.25, -0.2) is 4.98 Å². The summed E-state index contributed by atoms with van der Waals surface area (Å²) in [5, 5.41) is 0. The highest BCUT2D eigenvalue weighted by Crippen LogP contribution is 2.57. The lowest BCUT2D eigenvalue weighted by Gasteiger charge is -2.60. The van der Waals surface area contributed by atoms with Crippen LogP contribution >= 0.6 is 24.8 Å². The molecule has 0 unspecified atom stereocenters.